The normalized spacial score (nSPS) is 26.1. The molecule has 2 aromatic rings. The Morgan fingerprint density at radius 3 is 2.93 bits per heavy atom. The van der Waals surface area contributed by atoms with E-state index in [0.717, 1.165) is 0 Å². The van der Waals surface area contributed by atoms with Gasteiger partial charge in [0.15, 0.2) is 5.17 Å². The van der Waals surface area contributed by atoms with Crippen LogP contribution in [0.4, 0.5) is 13.2 Å². The lowest BCUT2D eigenvalue weighted by atomic mass is 9.78. The lowest BCUT2D eigenvalue weighted by Gasteiger charge is -2.35. The predicted octanol–water partition coefficient (Wildman–Crippen LogP) is 3.80. The number of nitrogens with two attached hydrogens (primary N) is 1. The van der Waals surface area contributed by atoms with Crippen molar-refractivity contribution in [1.29, 1.82) is 5.26 Å². The lowest BCUT2D eigenvalue weighted by molar-refractivity contribution is 0.0721. The zero-order valence-electron chi connectivity index (χ0n) is 15.7. The van der Waals surface area contributed by atoms with Gasteiger partial charge in [-0.05, 0) is 35.9 Å². The van der Waals surface area contributed by atoms with Gasteiger partial charge < -0.3 is 10.5 Å². The maximum Gasteiger partial charge on any atom is 0.154 e. The molecule has 30 heavy (non-hydrogen) atoms. The molecule has 0 unspecified atom stereocenters. The Morgan fingerprint density at radius 2 is 2.23 bits per heavy atom. The molecule has 5 nitrogen and oxygen atoms in total. The molecule has 154 valence electrons. The van der Waals surface area contributed by atoms with Gasteiger partial charge in [0.2, 0.25) is 0 Å². The van der Waals surface area contributed by atoms with Crippen LogP contribution in [-0.2, 0) is 10.3 Å². The fourth-order valence-corrected chi connectivity index (χ4v) is 4.87. The number of pyridine rings is 1. The quantitative estimate of drug-likeness (QED) is 0.798. The van der Waals surface area contributed by atoms with Crippen molar-refractivity contribution in [3.63, 3.8) is 0 Å². The van der Waals surface area contributed by atoms with Crippen LogP contribution in [0, 0.1) is 23.1 Å². The fraction of sp³-hybridized carbons (Fsp3) is 0.286. The van der Waals surface area contributed by atoms with Crippen LogP contribution in [0.2, 0.25) is 0 Å². The number of thioether (sulfide) groups is 1. The van der Waals surface area contributed by atoms with Crippen molar-refractivity contribution in [3.8, 4) is 6.07 Å². The molecule has 1 saturated heterocycles. The molecule has 0 saturated carbocycles. The molecular weight excluding hydrogens is 413 g/mol. The smallest absolute Gasteiger partial charge is 0.154 e. The highest BCUT2D eigenvalue weighted by molar-refractivity contribution is 8.13. The summed E-state index contributed by atoms with van der Waals surface area (Å²) >= 11 is 1.28. The number of amidine groups is 1. The standard InChI is InChI=1S/C21H17F3N4OS/c22-7-19-15-10-30-20(26)28-21(15,11-29-19)14-5-12(1-3-16(14)23)6-17(24)18-4-2-13(8-25)9-27-18/h1-6,9,15,19H,7,10-11H2,(H2,26,28)/b17-6-/t15-,19-,21-/m0/s1. The molecule has 0 radical (unpaired) electrons. The van der Waals surface area contributed by atoms with E-state index in [0.29, 0.717) is 16.9 Å². The van der Waals surface area contributed by atoms with E-state index in [4.69, 9.17) is 15.7 Å². The van der Waals surface area contributed by atoms with Crippen LogP contribution in [0.5, 0.6) is 0 Å². The van der Waals surface area contributed by atoms with E-state index < -0.39 is 35.9 Å². The molecule has 0 bridgehead atoms. The Hall–Kier alpha value is -2.83. The molecule has 3 heterocycles. The molecule has 1 aromatic carbocycles. The predicted molar refractivity (Wildman–Crippen MR) is 109 cm³/mol. The summed E-state index contributed by atoms with van der Waals surface area (Å²) < 4.78 is 48.6. The summed E-state index contributed by atoms with van der Waals surface area (Å²) in [6.45, 7) is -0.708. The Morgan fingerprint density at radius 1 is 1.40 bits per heavy atom. The van der Waals surface area contributed by atoms with Crippen LogP contribution in [0.1, 0.15) is 22.4 Å². The second kappa shape index (κ2) is 8.13. The minimum absolute atomic E-state index is 0.00272. The molecule has 0 amide bonds. The highest BCUT2D eigenvalue weighted by atomic mass is 32.2. The molecule has 2 N–H and O–H groups in total. The summed E-state index contributed by atoms with van der Waals surface area (Å²) in [6, 6.07) is 8.91. The van der Waals surface area contributed by atoms with Gasteiger partial charge in [0.25, 0.3) is 0 Å². The molecule has 3 atom stereocenters. The van der Waals surface area contributed by atoms with Crippen molar-refractivity contribution in [2.24, 2.45) is 16.6 Å². The first-order valence-corrected chi connectivity index (χ1v) is 10.1. The zero-order valence-corrected chi connectivity index (χ0v) is 16.5. The summed E-state index contributed by atoms with van der Waals surface area (Å²) in [5.74, 6) is -1.12. The summed E-state index contributed by atoms with van der Waals surface area (Å²) in [4.78, 5) is 8.39. The number of alkyl halides is 1. The van der Waals surface area contributed by atoms with E-state index in [-0.39, 0.29) is 23.0 Å². The van der Waals surface area contributed by atoms with Crippen molar-refractivity contribution in [3.05, 3.63) is 64.7 Å². The molecule has 2 aliphatic heterocycles. The number of nitriles is 1. The third kappa shape index (κ3) is 3.57. The van der Waals surface area contributed by atoms with Gasteiger partial charge >= 0.3 is 0 Å². The van der Waals surface area contributed by atoms with Gasteiger partial charge in [0.1, 0.15) is 29.9 Å². The van der Waals surface area contributed by atoms with Crippen molar-refractivity contribution in [1.82, 2.24) is 4.98 Å². The number of halogens is 3. The Kier molecular flexibility index (Phi) is 5.54. The van der Waals surface area contributed by atoms with E-state index in [1.54, 1.807) is 0 Å². The maximum atomic E-state index is 14.9. The van der Waals surface area contributed by atoms with Crippen LogP contribution in [-0.4, -0.2) is 35.3 Å². The Labute approximate surface area is 175 Å². The van der Waals surface area contributed by atoms with Gasteiger partial charge in [-0.15, -0.1) is 0 Å². The molecule has 9 heteroatoms. The third-order valence-corrected chi connectivity index (χ3v) is 6.25. The van der Waals surface area contributed by atoms with Crippen LogP contribution < -0.4 is 5.73 Å². The van der Waals surface area contributed by atoms with E-state index in [9.17, 15) is 13.2 Å². The van der Waals surface area contributed by atoms with Crippen LogP contribution in [0.3, 0.4) is 0 Å². The molecule has 1 aromatic heterocycles. The Balaban J connectivity index is 1.74. The van der Waals surface area contributed by atoms with Gasteiger partial charge in [-0.25, -0.2) is 18.2 Å². The average molecular weight is 430 g/mol. The summed E-state index contributed by atoms with van der Waals surface area (Å²) in [6.07, 6.45) is 1.79. The fourth-order valence-electron chi connectivity index (χ4n) is 3.81. The van der Waals surface area contributed by atoms with Crippen molar-refractivity contribution < 1.29 is 17.9 Å². The number of aliphatic imine (C=N–C) groups is 1. The summed E-state index contributed by atoms with van der Waals surface area (Å²) in [5, 5.41) is 9.10. The van der Waals surface area contributed by atoms with Crippen molar-refractivity contribution in [2.45, 2.75) is 11.6 Å². The highest BCUT2D eigenvalue weighted by Gasteiger charge is 2.54. The number of benzene rings is 1. The Bertz CT molecular complexity index is 1070. The zero-order chi connectivity index (χ0) is 21.3. The van der Waals surface area contributed by atoms with Gasteiger partial charge in [-0.3, -0.25) is 4.98 Å². The molecule has 4 rings (SSSR count). The SMILES string of the molecule is N#Cc1ccc(/C(F)=C/c2ccc(F)c([C@@]34CO[C@@H](CF)[C@@H]3CSC(N)=N4)c2)nc1. The first kappa shape index (κ1) is 20.4. The van der Waals surface area contributed by atoms with Crippen LogP contribution >= 0.6 is 11.8 Å². The minimum atomic E-state index is -1.15. The first-order chi connectivity index (χ1) is 14.5. The van der Waals surface area contributed by atoms with Gasteiger partial charge in [0.05, 0.1) is 24.0 Å². The van der Waals surface area contributed by atoms with Crippen molar-refractivity contribution in [2.75, 3.05) is 19.0 Å². The van der Waals surface area contributed by atoms with Gasteiger partial charge in [0, 0.05) is 23.4 Å². The van der Waals surface area contributed by atoms with Crippen LogP contribution in [0.15, 0.2) is 41.5 Å². The minimum Gasteiger partial charge on any atom is -0.379 e. The van der Waals surface area contributed by atoms with E-state index >= 15 is 0 Å². The topological polar surface area (TPSA) is 84.3 Å². The number of aromatic nitrogens is 1. The average Bonchev–Trinajstić information content (AvgIpc) is 3.13. The summed E-state index contributed by atoms with van der Waals surface area (Å²) in [7, 11) is 0. The van der Waals surface area contributed by atoms with E-state index in [1.165, 1.54) is 54.4 Å². The molecule has 0 spiro atoms. The number of fused-ring (bicyclic) bond motifs is 1. The first-order valence-electron chi connectivity index (χ1n) is 9.16. The number of hydrogen-bond acceptors (Lipinski definition) is 6. The second-order valence-electron chi connectivity index (χ2n) is 7.07. The highest BCUT2D eigenvalue weighted by Crippen LogP contribution is 2.48. The molecule has 1 fully saturated rings. The number of ether oxygens (including phenoxy) is 1. The number of hydrogen-bond donors (Lipinski definition) is 1. The number of rotatable bonds is 4. The van der Waals surface area contributed by atoms with Crippen LogP contribution in [0.25, 0.3) is 11.9 Å². The van der Waals surface area contributed by atoms with E-state index in [2.05, 4.69) is 9.98 Å². The van der Waals surface area contributed by atoms with Gasteiger partial charge in [-0.2, -0.15) is 5.26 Å². The van der Waals surface area contributed by atoms with Gasteiger partial charge in [-0.1, -0.05) is 17.8 Å². The largest absolute Gasteiger partial charge is 0.379 e. The molecular formula is C21H17F3N4OS. The third-order valence-electron chi connectivity index (χ3n) is 5.34. The van der Waals surface area contributed by atoms with E-state index in [1.807, 2.05) is 6.07 Å². The lowest BCUT2D eigenvalue weighted by Crippen LogP contribution is -2.42. The van der Waals surface area contributed by atoms with Crippen molar-refractivity contribution >= 4 is 28.8 Å². The maximum absolute atomic E-state index is 14.9. The second-order valence-corrected chi connectivity index (χ2v) is 8.11. The molecule has 0 aliphatic carbocycles. The molecule has 2 aliphatic rings. The monoisotopic (exact) mass is 430 g/mol. The number of nitrogens with zero attached hydrogens (tertiary/aromatic N) is 3. The summed E-state index contributed by atoms with van der Waals surface area (Å²) in [5.41, 5.74) is 5.71.